The first-order valence-electron chi connectivity index (χ1n) is 8.22. The normalized spacial score (nSPS) is 12.0. The van der Waals surface area contributed by atoms with Gasteiger partial charge in [0.1, 0.15) is 0 Å². The Bertz CT molecular complexity index is 671. The molecule has 1 atom stereocenters. The van der Waals surface area contributed by atoms with Gasteiger partial charge in [0.25, 0.3) is 0 Å². The standard InChI is InChI=1S/C19H26N2O3S/c1-21(2)15(18-6-5-11-25-18)13-20-19(22)10-8-14-7-9-16(23-3)17(12-14)24-4/h5-7,9,11-12,15H,8,10,13H2,1-4H3,(H,20,22)/t15-/m0/s1. The quantitative estimate of drug-likeness (QED) is 0.745. The lowest BCUT2D eigenvalue weighted by Crippen LogP contribution is -2.34. The van der Waals surface area contributed by atoms with Gasteiger partial charge in [-0.3, -0.25) is 4.79 Å². The molecule has 0 bridgehead atoms. The van der Waals surface area contributed by atoms with Crippen LogP contribution in [0.1, 0.15) is 22.9 Å². The first kappa shape index (κ1) is 19.3. The minimum absolute atomic E-state index is 0.0539. The van der Waals surface area contributed by atoms with E-state index in [-0.39, 0.29) is 11.9 Å². The topological polar surface area (TPSA) is 50.8 Å². The fraction of sp³-hybridized carbons (Fsp3) is 0.421. The first-order chi connectivity index (χ1) is 12.0. The number of rotatable bonds is 9. The molecule has 1 aromatic carbocycles. The summed E-state index contributed by atoms with van der Waals surface area (Å²) in [6.45, 7) is 0.609. The molecular weight excluding hydrogens is 336 g/mol. The van der Waals surface area contributed by atoms with Crippen LogP contribution in [0, 0.1) is 0 Å². The number of methoxy groups -OCH3 is 2. The van der Waals surface area contributed by atoms with Crippen LogP contribution in [0.5, 0.6) is 11.5 Å². The monoisotopic (exact) mass is 362 g/mol. The lowest BCUT2D eigenvalue weighted by molar-refractivity contribution is -0.121. The molecule has 25 heavy (non-hydrogen) atoms. The van der Waals surface area contributed by atoms with E-state index in [0.717, 1.165) is 5.56 Å². The summed E-state index contributed by atoms with van der Waals surface area (Å²) >= 11 is 1.71. The molecule has 0 aliphatic rings. The molecule has 1 heterocycles. The zero-order chi connectivity index (χ0) is 18.2. The van der Waals surface area contributed by atoms with E-state index in [0.29, 0.717) is 30.9 Å². The largest absolute Gasteiger partial charge is 0.493 e. The van der Waals surface area contributed by atoms with Gasteiger partial charge in [0, 0.05) is 17.8 Å². The Kier molecular flexibility index (Phi) is 7.28. The molecular formula is C19H26N2O3S. The Hall–Kier alpha value is -2.05. The molecule has 1 N–H and O–H groups in total. The highest BCUT2D eigenvalue weighted by molar-refractivity contribution is 7.10. The molecule has 6 heteroatoms. The summed E-state index contributed by atoms with van der Waals surface area (Å²) in [6.07, 6.45) is 1.11. The Morgan fingerprint density at radius 2 is 1.96 bits per heavy atom. The molecule has 5 nitrogen and oxygen atoms in total. The Labute approximate surface area is 153 Å². The molecule has 2 aromatic rings. The number of carbonyl (C=O) groups is 1. The fourth-order valence-electron chi connectivity index (χ4n) is 2.61. The zero-order valence-corrected chi connectivity index (χ0v) is 16.1. The van der Waals surface area contributed by atoms with Gasteiger partial charge in [0.15, 0.2) is 11.5 Å². The number of hydrogen-bond acceptors (Lipinski definition) is 5. The predicted molar refractivity (Wildman–Crippen MR) is 102 cm³/mol. The van der Waals surface area contributed by atoms with Crippen LogP contribution in [0.2, 0.25) is 0 Å². The van der Waals surface area contributed by atoms with Crippen LogP contribution in [0.4, 0.5) is 0 Å². The number of likely N-dealkylation sites (N-methyl/N-ethyl adjacent to an activating group) is 1. The second-order valence-corrected chi connectivity index (χ2v) is 6.97. The summed E-state index contributed by atoms with van der Waals surface area (Å²) in [4.78, 5) is 15.6. The van der Waals surface area contributed by atoms with Crippen molar-refractivity contribution in [2.75, 3.05) is 34.9 Å². The SMILES string of the molecule is COc1ccc(CCC(=O)NC[C@@H](c2cccs2)N(C)C)cc1OC. The minimum Gasteiger partial charge on any atom is -0.493 e. The van der Waals surface area contributed by atoms with Gasteiger partial charge >= 0.3 is 0 Å². The highest BCUT2D eigenvalue weighted by Gasteiger charge is 2.16. The van der Waals surface area contributed by atoms with Crippen LogP contribution in [-0.4, -0.2) is 45.7 Å². The molecule has 0 fully saturated rings. The molecule has 0 spiro atoms. The third kappa shape index (κ3) is 5.47. The third-order valence-electron chi connectivity index (χ3n) is 4.08. The van der Waals surface area contributed by atoms with Crippen LogP contribution in [0.3, 0.4) is 0 Å². The van der Waals surface area contributed by atoms with Crippen LogP contribution >= 0.6 is 11.3 Å². The van der Waals surface area contributed by atoms with Gasteiger partial charge in [-0.2, -0.15) is 0 Å². The summed E-state index contributed by atoms with van der Waals surface area (Å²) in [5.41, 5.74) is 1.05. The van der Waals surface area contributed by atoms with Gasteiger partial charge < -0.3 is 19.7 Å². The third-order valence-corrected chi connectivity index (χ3v) is 5.05. The summed E-state index contributed by atoms with van der Waals surface area (Å²) in [5, 5.41) is 5.10. The zero-order valence-electron chi connectivity index (χ0n) is 15.2. The summed E-state index contributed by atoms with van der Waals surface area (Å²) in [7, 11) is 7.28. The second kappa shape index (κ2) is 9.44. The molecule has 0 aliphatic heterocycles. The van der Waals surface area contributed by atoms with Crippen molar-refractivity contribution in [2.24, 2.45) is 0 Å². The van der Waals surface area contributed by atoms with Crippen molar-refractivity contribution in [3.63, 3.8) is 0 Å². The van der Waals surface area contributed by atoms with Crippen LogP contribution in [0.15, 0.2) is 35.7 Å². The van der Waals surface area contributed by atoms with Gasteiger partial charge in [-0.1, -0.05) is 12.1 Å². The highest BCUT2D eigenvalue weighted by atomic mass is 32.1. The maximum absolute atomic E-state index is 12.2. The smallest absolute Gasteiger partial charge is 0.220 e. The van der Waals surface area contributed by atoms with Crippen molar-refractivity contribution < 1.29 is 14.3 Å². The number of nitrogens with one attached hydrogen (secondary N) is 1. The van der Waals surface area contributed by atoms with Crippen molar-refractivity contribution in [1.29, 1.82) is 0 Å². The first-order valence-corrected chi connectivity index (χ1v) is 9.10. The summed E-state index contributed by atoms with van der Waals surface area (Å²) in [6, 6.07) is 10.1. The molecule has 0 unspecified atom stereocenters. The Morgan fingerprint density at radius 3 is 2.56 bits per heavy atom. The number of carbonyl (C=O) groups excluding carboxylic acids is 1. The number of benzene rings is 1. The minimum atomic E-state index is 0.0539. The van der Waals surface area contributed by atoms with E-state index >= 15 is 0 Å². The molecule has 0 saturated heterocycles. The van der Waals surface area contributed by atoms with Crippen molar-refractivity contribution >= 4 is 17.2 Å². The number of amides is 1. The predicted octanol–water partition coefficient (Wildman–Crippen LogP) is 3.12. The lowest BCUT2D eigenvalue weighted by atomic mass is 10.1. The lowest BCUT2D eigenvalue weighted by Gasteiger charge is -2.23. The molecule has 0 aliphatic carbocycles. The number of aryl methyl sites for hydroxylation is 1. The van der Waals surface area contributed by atoms with Crippen molar-refractivity contribution in [3.05, 3.63) is 46.2 Å². The van der Waals surface area contributed by atoms with Crippen molar-refractivity contribution in [3.8, 4) is 11.5 Å². The molecule has 1 aromatic heterocycles. The van der Waals surface area contributed by atoms with Crippen LogP contribution in [-0.2, 0) is 11.2 Å². The van der Waals surface area contributed by atoms with E-state index in [2.05, 4.69) is 21.7 Å². The number of thiophene rings is 1. The van der Waals surface area contributed by atoms with Crippen molar-refractivity contribution in [1.82, 2.24) is 10.2 Å². The fourth-order valence-corrected chi connectivity index (χ4v) is 3.53. The number of nitrogens with zero attached hydrogens (tertiary/aromatic N) is 1. The summed E-state index contributed by atoms with van der Waals surface area (Å²) < 4.78 is 10.5. The van der Waals surface area contributed by atoms with Crippen LogP contribution in [0.25, 0.3) is 0 Å². The van der Waals surface area contributed by atoms with Gasteiger partial charge in [-0.05, 0) is 49.7 Å². The van der Waals surface area contributed by atoms with Gasteiger partial charge in [0.05, 0.1) is 20.3 Å². The molecule has 0 radical (unpaired) electrons. The summed E-state index contributed by atoms with van der Waals surface area (Å²) in [5.74, 6) is 1.43. The maximum Gasteiger partial charge on any atom is 0.220 e. The Balaban J connectivity index is 1.86. The van der Waals surface area contributed by atoms with E-state index in [1.54, 1.807) is 25.6 Å². The molecule has 2 rings (SSSR count). The van der Waals surface area contributed by atoms with Crippen molar-refractivity contribution in [2.45, 2.75) is 18.9 Å². The number of ether oxygens (including phenoxy) is 2. The maximum atomic E-state index is 12.2. The highest BCUT2D eigenvalue weighted by Crippen LogP contribution is 2.28. The Morgan fingerprint density at radius 1 is 1.20 bits per heavy atom. The second-order valence-electron chi connectivity index (χ2n) is 5.99. The van der Waals surface area contributed by atoms with E-state index in [1.807, 2.05) is 38.4 Å². The molecule has 136 valence electrons. The molecule has 0 saturated carbocycles. The van der Waals surface area contributed by atoms with Gasteiger partial charge in [-0.25, -0.2) is 0 Å². The van der Waals surface area contributed by atoms with E-state index in [9.17, 15) is 4.79 Å². The number of hydrogen-bond donors (Lipinski definition) is 1. The van der Waals surface area contributed by atoms with E-state index < -0.39 is 0 Å². The van der Waals surface area contributed by atoms with Gasteiger partial charge in [-0.15, -0.1) is 11.3 Å². The van der Waals surface area contributed by atoms with Crippen LogP contribution < -0.4 is 14.8 Å². The average Bonchev–Trinajstić information content (AvgIpc) is 3.13. The van der Waals surface area contributed by atoms with E-state index in [4.69, 9.17) is 9.47 Å². The molecule has 1 amide bonds. The average molecular weight is 362 g/mol. The van der Waals surface area contributed by atoms with Gasteiger partial charge in [0.2, 0.25) is 5.91 Å². The van der Waals surface area contributed by atoms with E-state index in [1.165, 1.54) is 4.88 Å².